The number of benzene rings is 2. The van der Waals surface area contributed by atoms with Gasteiger partial charge in [0.15, 0.2) is 6.10 Å². The summed E-state index contributed by atoms with van der Waals surface area (Å²) in [6.45, 7) is 1.71. The van der Waals surface area contributed by atoms with Gasteiger partial charge in [-0.25, -0.2) is 4.98 Å². The normalized spacial score (nSPS) is 12.4. The largest absolute Gasteiger partial charge is 0.458 e. The summed E-state index contributed by atoms with van der Waals surface area (Å²) in [4.78, 5) is 14.8. The number of rotatable bonds is 4. The van der Waals surface area contributed by atoms with Crippen LogP contribution in [0.3, 0.4) is 0 Å². The Labute approximate surface area is 147 Å². The van der Waals surface area contributed by atoms with Crippen LogP contribution in [0.5, 0.6) is 0 Å². The molecule has 26 heavy (non-hydrogen) atoms. The van der Waals surface area contributed by atoms with Gasteiger partial charge in [0, 0.05) is 23.1 Å². The van der Waals surface area contributed by atoms with Crippen molar-refractivity contribution in [1.29, 1.82) is 0 Å². The number of non-ortho nitro benzene ring substituents is 1. The number of hydrogen-bond acceptors (Lipinski definition) is 6. The molecule has 0 radical (unpaired) electrons. The molecule has 7 heteroatoms. The van der Waals surface area contributed by atoms with Crippen molar-refractivity contribution < 1.29 is 18.9 Å². The molecular weight excluding hydrogens is 336 g/mol. The number of aromatic nitrogens is 1. The highest BCUT2D eigenvalue weighted by molar-refractivity contribution is 5.80. The van der Waals surface area contributed by atoms with Gasteiger partial charge in [0.05, 0.1) is 4.92 Å². The Morgan fingerprint density at radius 3 is 2.62 bits per heavy atom. The fourth-order valence-corrected chi connectivity index (χ4v) is 2.80. The van der Waals surface area contributed by atoms with E-state index in [9.17, 15) is 15.2 Å². The van der Waals surface area contributed by atoms with E-state index < -0.39 is 11.0 Å². The lowest BCUT2D eigenvalue weighted by Crippen LogP contribution is -2.00. The first-order chi connectivity index (χ1) is 12.5. The summed E-state index contributed by atoms with van der Waals surface area (Å²) in [7, 11) is 0. The number of furan rings is 1. The maximum Gasteiger partial charge on any atom is 0.270 e. The predicted molar refractivity (Wildman–Crippen MR) is 93.6 cm³/mol. The number of fused-ring (bicyclic) bond motifs is 1. The topological polar surface area (TPSA) is 103 Å². The molecule has 2 aromatic carbocycles. The van der Waals surface area contributed by atoms with Crippen molar-refractivity contribution in [3.63, 3.8) is 0 Å². The zero-order chi connectivity index (χ0) is 18.3. The van der Waals surface area contributed by atoms with Gasteiger partial charge < -0.3 is 13.9 Å². The molecule has 4 aromatic rings. The molecule has 130 valence electrons. The van der Waals surface area contributed by atoms with Crippen LogP contribution in [0.2, 0.25) is 0 Å². The third kappa shape index (κ3) is 2.74. The van der Waals surface area contributed by atoms with Crippen molar-refractivity contribution in [2.45, 2.75) is 13.0 Å². The molecule has 0 spiro atoms. The van der Waals surface area contributed by atoms with Crippen LogP contribution in [-0.4, -0.2) is 15.0 Å². The third-order valence-electron chi connectivity index (χ3n) is 4.11. The van der Waals surface area contributed by atoms with E-state index in [2.05, 4.69) is 4.98 Å². The van der Waals surface area contributed by atoms with E-state index in [4.69, 9.17) is 8.83 Å². The molecular formula is C19H14N2O5. The fourth-order valence-electron chi connectivity index (χ4n) is 2.80. The summed E-state index contributed by atoms with van der Waals surface area (Å²) in [6, 6.07) is 15.2. The molecule has 0 aliphatic heterocycles. The number of nitrogens with zero attached hydrogens (tertiary/aromatic N) is 2. The average Bonchev–Trinajstić information content (AvgIpc) is 3.24. The van der Waals surface area contributed by atoms with E-state index in [1.54, 1.807) is 13.0 Å². The predicted octanol–water partition coefficient (Wildman–Crippen LogP) is 4.39. The van der Waals surface area contributed by atoms with Crippen LogP contribution in [0, 0.1) is 17.0 Å². The van der Waals surface area contributed by atoms with Gasteiger partial charge in [0.25, 0.3) is 5.69 Å². The lowest BCUT2D eigenvalue weighted by atomic mass is 10.1. The molecule has 0 aliphatic rings. The van der Waals surface area contributed by atoms with E-state index >= 15 is 0 Å². The quantitative estimate of drug-likeness (QED) is 0.432. The second-order valence-corrected chi connectivity index (χ2v) is 5.86. The summed E-state index contributed by atoms with van der Waals surface area (Å²) in [6.07, 6.45) is -1.14. The Hall–Kier alpha value is -3.45. The Bertz CT molecular complexity index is 1100. The minimum Gasteiger partial charge on any atom is -0.458 e. The Morgan fingerprint density at radius 1 is 1.12 bits per heavy atom. The second-order valence-electron chi connectivity index (χ2n) is 5.86. The van der Waals surface area contributed by atoms with Gasteiger partial charge in [-0.05, 0) is 31.2 Å². The maximum absolute atomic E-state index is 10.9. The van der Waals surface area contributed by atoms with Crippen molar-refractivity contribution in [3.8, 4) is 11.5 Å². The highest BCUT2D eigenvalue weighted by Gasteiger charge is 2.24. The minimum atomic E-state index is -1.14. The molecule has 0 saturated carbocycles. The zero-order valence-corrected chi connectivity index (χ0v) is 13.7. The number of aliphatic hydroxyl groups is 1. The number of aliphatic hydroxyl groups excluding tert-OH is 1. The van der Waals surface area contributed by atoms with Gasteiger partial charge >= 0.3 is 0 Å². The molecule has 2 aromatic heterocycles. The summed E-state index contributed by atoms with van der Waals surface area (Å²) in [5.41, 5.74) is 1.56. The molecule has 4 rings (SSSR count). The average molecular weight is 350 g/mol. The first-order valence-electron chi connectivity index (χ1n) is 7.91. The molecule has 0 saturated heterocycles. The van der Waals surface area contributed by atoms with Crippen LogP contribution in [-0.2, 0) is 0 Å². The molecule has 1 atom stereocenters. The Balaban J connectivity index is 1.71. The van der Waals surface area contributed by atoms with E-state index in [-0.39, 0.29) is 11.4 Å². The molecule has 2 heterocycles. The van der Waals surface area contributed by atoms with E-state index in [1.165, 1.54) is 18.2 Å². The number of nitro groups is 1. The van der Waals surface area contributed by atoms with E-state index in [0.717, 1.165) is 5.56 Å². The van der Waals surface area contributed by atoms with Gasteiger partial charge in [-0.2, -0.15) is 0 Å². The Morgan fingerprint density at radius 2 is 1.88 bits per heavy atom. The highest BCUT2D eigenvalue weighted by Crippen LogP contribution is 2.33. The molecule has 1 N–H and O–H groups in total. The van der Waals surface area contributed by atoms with Gasteiger partial charge in [-0.1, -0.05) is 18.2 Å². The highest BCUT2D eigenvalue weighted by atomic mass is 16.6. The molecule has 0 fully saturated rings. The third-order valence-corrected chi connectivity index (χ3v) is 4.11. The monoisotopic (exact) mass is 350 g/mol. The molecule has 0 aliphatic carbocycles. The van der Waals surface area contributed by atoms with Crippen LogP contribution in [0.1, 0.15) is 23.3 Å². The smallest absolute Gasteiger partial charge is 0.270 e. The van der Waals surface area contributed by atoms with Crippen LogP contribution in [0.25, 0.3) is 22.4 Å². The molecule has 7 nitrogen and oxygen atoms in total. The maximum atomic E-state index is 10.9. The number of nitro benzene ring substituents is 1. The van der Waals surface area contributed by atoms with Gasteiger partial charge in [-0.3, -0.25) is 10.1 Å². The van der Waals surface area contributed by atoms with Crippen molar-refractivity contribution >= 4 is 16.7 Å². The summed E-state index contributed by atoms with van der Waals surface area (Å²) in [5.74, 6) is 1.13. The summed E-state index contributed by atoms with van der Waals surface area (Å²) >= 11 is 0. The van der Waals surface area contributed by atoms with E-state index in [0.29, 0.717) is 28.3 Å². The summed E-state index contributed by atoms with van der Waals surface area (Å²) in [5, 5.41) is 22.1. The van der Waals surface area contributed by atoms with Crippen molar-refractivity contribution in [2.75, 3.05) is 0 Å². The zero-order valence-electron chi connectivity index (χ0n) is 13.7. The van der Waals surface area contributed by atoms with Crippen LogP contribution < -0.4 is 0 Å². The fraction of sp³-hybridized carbons (Fsp3) is 0.105. The van der Waals surface area contributed by atoms with Crippen LogP contribution >= 0.6 is 0 Å². The number of oxazole rings is 1. The van der Waals surface area contributed by atoms with Crippen LogP contribution in [0.4, 0.5) is 5.69 Å². The SMILES string of the molecule is Cc1oc(-c2ccccc2)nc1C(O)c1cc2cc([N+](=O)[O-])ccc2o1. The minimum absolute atomic E-state index is 0.0386. The second kappa shape index (κ2) is 6.12. The standard InChI is InChI=1S/C19H14N2O5/c1-11-17(20-19(25-11)12-5-3-2-4-6-12)18(22)16-10-13-9-14(21(23)24)7-8-15(13)26-16/h2-10,18,22H,1H3. The van der Waals surface area contributed by atoms with Crippen molar-refractivity contribution in [2.24, 2.45) is 0 Å². The summed E-state index contributed by atoms with van der Waals surface area (Å²) < 4.78 is 11.3. The van der Waals surface area contributed by atoms with Crippen molar-refractivity contribution in [1.82, 2.24) is 4.98 Å². The van der Waals surface area contributed by atoms with Gasteiger partial charge in [-0.15, -0.1) is 0 Å². The molecule has 0 amide bonds. The lowest BCUT2D eigenvalue weighted by Gasteiger charge is -2.03. The van der Waals surface area contributed by atoms with Crippen LogP contribution in [0.15, 0.2) is 63.4 Å². The number of hydrogen-bond donors (Lipinski definition) is 1. The Kier molecular flexibility index (Phi) is 3.78. The lowest BCUT2D eigenvalue weighted by molar-refractivity contribution is -0.384. The van der Waals surface area contributed by atoms with Gasteiger partial charge in [0.2, 0.25) is 5.89 Å². The molecule has 1 unspecified atom stereocenters. The first-order valence-corrected chi connectivity index (χ1v) is 7.91. The van der Waals surface area contributed by atoms with Crippen molar-refractivity contribution in [3.05, 3.63) is 81.9 Å². The molecule has 0 bridgehead atoms. The first kappa shape index (κ1) is 16.0. The van der Waals surface area contributed by atoms with Gasteiger partial charge in [0.1, 0.15) is 22.8 Å². The van der Waals surface area contributed by atoms with E-state index in [1.807, 2.05) is 30.3 Å². The number of aryl methyl sites for hydroxylation is 1.